The third-order valence-electron chi connectivity index (χ3n) is 4.42. The quantitative estimate of drug-likeness (QED) is 0.777. The van der Waals surface area contributed by atoms with Gasteiger partial charge in [-0.3, -0.25) is 9.10 Å². The van der Waals surface area contributed by atoms with E-state index in [-0.39, 0.29) is 5.91 Å². The second kappa shape index (κ2) is 7.83. The molecule has 0 unspecified atom stereocenters. The van der Waals surface area contributed by atoms with Gasteiger partial charge in [-0.15, -0.1) is 0 Å². The van der Waals surface area contributed by atoms with Crippen LogP contribution in [0.1, 0.15) is 26.7 Å². The number of rotatable bonds is 5. The van der Waals surface area contributed by atoms with Gasteiger partial charge >= 0.3 is 0 Å². The van der Waals surface area contributed by atoms with Gasteiger partial charge in [0.15, 0.2) is 0 Å². The summed E-state index contributed by atoms with van der Waals surface area (Å²) in [5.41, 5.74) is 0.346. The third kappa shape index (κ3) is 4.58. The van der Waals surface area contributed by atoms with Crippen molar-refractivity contribution in [2.75, 3.05) is 30.8 Å². The molecular weight excluding hydrogens is 364 g/mol. The Balaban J connectivity index is 2.34. The molecule has 1 heterocycles. The lowest BCUT2D eigenvalue weighted by molar-refractivity contribution is -0.133. The summed E-state index contributed by atoms with van der Waals surface area (Å²) >= 11 is 6.13. The molecule has 1 aliphatic heterocycles. The normalized spacial score (nSPS) is 19.4. The van der Waals surface area contributed by atoms with E-state index in [2.05, 4.69) is 6.92 Å². The fourth-order valence-corrected chi connectivity index (χ4v) is 4.66. The molecule has 1 aromatic rings. The van der Waals surface area contributed by atoms with E-state index in [4.69, 9.17) is 16.3 Å². The number of hydrogen-bond donors (Lipinski definition) is 0. The molecular formula is C17H25ClN2O4S. The molecule has 2 atom stereocenters. The Kier molecular flexibility index (Phi) is 6.21. The Hall–Kier alpha value is -1.47. The monoisotopic (exact) mass is 388 g/mol. The molecule has 0 aromatic heterocycles. The van der Waals surface area contributed by atoms with Gasteiger partial charge in [0.05, 0.1) is 24.1 Å². The molecule has 0 radical (unpaired) electrons. The maximum absolute atomic E-state index is 12.9. The van der Waals surface area contributed by atoms with Crippen LogP contribution in [0.4, 0.5) is 5.69 Å². The SMILES string of the molecule is COc1ccc(N([C@H](C)C(=O)N2CCC[C@@H](C)C2)S(C)(=O)=O)cc1Cl. The molecule has 0 saturated carbocycles. The van der Waals surface area contributed by atoms with Gasteiger partial charge in [0.1, 0.15) is 11.8 Å². The minimum atomic E-state index is -3.66. The van der Waals surface area contributed by atoms with Crippen LogP contribution in [0.15, 0.2) is 18.2 Å². The molecule has 8 heteroatoms. The maximum atomic E-state index is 12.9. The third-order valence-corrected chi connectivity index (χ3v) is 5.96. The van der Waals surface area contributed by atoms with E-state index < -0.39 is 16.1 Å². The number of amides is 1. The first-order valence-electron chi connectivity index (χ1n) is 8.27. The zero-order chi connectivity index (χ0) is 18.8. The molecule has 1 aromatic carbocycles. The number of ether oxygens (including phenoxy) is 1. The first-order chi connectivity index (χ1) is 11.6. The first kappa shape index (κ1) is 19.8. The molecule has 0 N–H and O–H groups in total. The highest BCUT2D eigenvalue weighted by atomic mass is 35.5. The van der Waals surface area contributed by atoms with Crippen LogP contribution in [0, 0.1) is 5.92 Å². The topological polar surface area (TPSA) is 66.9 Å². The minimum absolute atomic E-state index is 0.191. The summed E-state index contributed by atoms with van der Waals surface area (Å²) in [5.74, 6) is 0.679. The molecule has 1 amide bonds. The van der Waals surface area contributed by atoms with Gasteiger partial charge in [0.2, 0.25) is 15.9 Å². The number of halogens is 1. The first-order valence-corrected chi connectivity index (χ1v) is 10.5. The molecule has 140 valence electrons. The van der Waals surface area contributed by atoms with Crippen molar-refractivity contribution in [2.45, 2.75) is 32.7 Å². The van der Waals surface area contributed by atoms with Crippen molar-refractivity contribution in [1.82, 2.24) is 4.90 Å². The van der Waals surface area contributed by atoms with E-state index in [1.807, 2.05) is 0 Å². The Morgan fingerprint density at radius 3 is 2.64 bits per heavy atom. The van der Waals surface area contributed by atoms with Crippen LogP contribution in [-0.4, -0.2) is 51.7 Å². The number of sulfonamides is 1. The molecule has 0 bridgehead atoms. The van der Waals surface area contributed by atoms with Gasteiger partial charge in [-0.2, -0.15) is 0 Å². The number of anilines is 1. The summed E-state index contributed by atoms with van der Waals surface area (Å²) in [6.45, 7) is 5.03. The minimum Gasteiger partial charge on any atom is -0.495 e. The van der Waals surface area contributed by atoms with E-state index in [1.165, 1.54) is 13.2 Å². The summed E-state index contributed by atoms with van der Waals surface area (Å²) in [5, 5.41) is 0.292. The number of benzene rings is 1. The zero-order valence-electron chi connectivity index (χ0n) is 15.0. The second-order valence-electron chi connectivity index (χ2n) is 6.59. The second-order valence-corrected chi connectivity index (χ2v) is 8.85. The standard InChI is InChI=1S/C17H25ClN2O4S/c1-12-6-5-9-19(11-12)17(21)13(2)20(25(4,22)23)14-7-8-16(24-3)15(18)10-14/h7-8,10,12-13H,5-6,9,11H2,1-4H3/t12-,13-/m1/s1. The van der Waals surface area contributed by atoms with Crippen molar-refractivity contribution in [3.63, 3.8) is 0 Å². The average molecular weight is 389 g/mol. The number of piperidine rings is 1. The largest absolute Gasteiger partial charge is 0.495 e. The van der Waals surface area contributed by atoms with Crippen LogP contribution in [0.5, 0.6) is 5.75 Å². The van der Waals surface area contributed by atoms with Crippen LogP contribution in [0.25, 0.3) is 0 Å². The highest BCUT2D eigenvalue weighted by Crippen LogP contribution is 2.31. The van der Waals surface area contributed by atoms with Gasteiger partial charge < -0.3 is 9.64 Å². The molecule has 2 rings (SSSR count). The van der Waals surface area contributed by atoms with Gasteiger partial charge in [0, 0.05) is 13.1 Å². The lowest BCUT2D eigenvalue weighted by Crippen LogP contribution is -2.51. The Bertz CT molecular complexity index is 738. The molecule has 1 aliphatic rings. The van der Waals surface area contributed by atoms with Gasteiger partial charge in [-0.1, -0.05) is 18.5 Å². The van der Waals surface area contributed by atoms with Crippen molar-refractivity contribution in [3.8, 4) is 5.75 Å². The predicted octanol–water partition coefficient (Wildman–Crippen LogP) is 2.76. The van der Waals surface area contributed by atoms with Crippen LogP contribution >= 0.6 is 11.6 Å². The van der Waals surface area contributed by atoms with E-state index in [1.54, 1.807) is 24.0 Å². The van der Waals surface area contributed by atoms with E-state index in [0.717, 1.165) is 23.4 Å². The van der Waals surface area contributed by atoms with Crippen molar-refractivity contribution in [2.24, 2.45) is 5.92 Å². The summed E-state index contributed by atoms with van der Waals surface area (Å²) in [6, 6.07) is 3.85. The van der Waals surface area contributed by atoms with Crippen LogP contribution in [-0.2, 0) is 14.8 Å². The van der Waals surface area contributed by atoms with Crippen LogP contribution in [0.3, 0.4) is 0 Å². The number of methoxy groups -OCH3 is 1. The summed E-state index contributed by atoms with van der Waals surface area (Å²) < 4.78 is 31.0. The number of likely N-dealkylation sites (tertiary alicyclic amines) is 1. The summed E-state index contributed by atoms with van der Waals surface area (Å²) in [6.07, 6.45) is 3.11. The number of carbonyl (C=O) groups is 1. The van der Waals surface area contributed by atoms with Gasteiger partial charge in [-0.25, -0.2) is 8.42 Å². The maximum Gasteiger partial charge on any atom is 0.246 e. The van der Waals surface area contributed by atoms with Crippen molar-refractivity contribution >= 4 is 33.2 Å². The smallest absolute Gasteiger partial charge is 0.246 e. The number of carbonyl (C=O) groups excluding carboxylic acids is 1. The molecule has 25 heavy (non-hydrogen) atoms. The Morgan fingerprint density at radius 1 is 1.44 bits per heavy atom. The van der Waals surface area contributed by atoms with E-state index in [0.29, 0.717) is 35.5 Å². The van der Waals surface area contributed by atoms with Crippen LogP contribution < -0.4 is 9.04 Å². The van der Waals surface area contributed by atoms with Gasteiger partial charge in [0.25, 0.3) is 0 Å². The highest BCUT2D eigenvalue weighted by Gasteiger charge is 2.33. The lowest BCUT2D eigenvalue weighted by Gasteiger charge is -2.36. The van der Waals surface area contributed by atoms with Crippen molar-refractivity contribution < 1.29 is 17.9 Å². The molecule has 6 nitrogen and oxygen atoms in total. The molecule has 1 saturated heterocycles. The Morgan fingerprint density at radius 2 is 2.12 bits per heavy atom. The van der Waals surface area contributed by atoms with E-state index >= 15 is 0 Å². The predicted molar refractivity (Wildman–Crippen MR) is 99.8 cm³/mol. The fourth-order valence-electron chi connectivity index (χ4n) is 3.25. The molecule has 0 aliphatic carbocycles. The van der Waals surface area contributed by atoms with Crippen molar-refractivity contribution in [1.29, 1.82) is 0 Å². The van der Waals surface area contributed by atoms with E-state index in [9.17, 15) is 13.2 Å². The molecule has 0 spiro atoms. The van der Waals surface area contributed by atoms with Gasteiger partial charge in [-0.05, 0) is 43.9 Å². The lowest BCUT2D eigenvalue weighted by atomic mass is 10.00. The van der Waals surface area contributed by atoms with Crippen LogP contribution in [0.2, 0.25) is 5.02 Å². The van der Waals surface area contributed by atoms with Crippen molar-refractivity contribution in [3.05, 3.63) is 23.2 Å². The number of nitrogens with zero attached hydrogens (tertiary/aromatic N) is 2. The summed E-state index contributed by atoms with van der Waals surface area (Å²) in [4.78, 5) is 14.6. The highest BCUT2D eigenvalue weighted by molar-refractivity contribution is 7.92. The average Bonchev–Trinajstić information content (AvgIpc) is 2.53. The number of hydrogen-bond acceptors (Lipinski definition) is 4. The fraction of sp³-hybridized carbons (Fsp3) is 0.588. The summed E-state index contributed by atoms with van der Waals surface area (Å²) in [7, 11) is -2.18. The zero-order valence-corrected chi connectivity index (χ0v) is 16.6. The Labute approximate surface area is 154 Å². The molecule has 1 fully saturated rings.